The monoisotopic (exact) mass is 282 g/mol. The van der Waals surface area contributed by atoms with E-state index in [-0.39, 0.29) is 6.04 Å². The summed E-state index contributed by atoms with van der Waals surface area (Å²) >= 11 is 0. The van der Waals surface area contributed by atoms with Crippen LogP contribution in [0.4, 0.5) is 0 Å². The average Bonchev–Trinajstić information content (AvgIpc) is 2.72. The lowest BCUT2D eigenvalue weighted by Gasteiger charge is -2.36. The Balaban J connectivity index is 1.98. The van der Waals surface area contributed by atoms with Crippen LogP contribution in [0.5, 0.6) is 0 Å². The van der Waals surface area contributed by atoms with Gasteiger partial charge in [-0.1, -0.05) is 13.3 Å². The van der Waals surface area contributed by atoms with Crippen LogP contribution < -0.4 is 5.32 Å². The summed E-state index contributed by atoms with van der Waals surface area (Å²) in [5, 5.41) is 13.0. The molecule has 0 aromatic carbocycles. The lowest BCUT2D eigenvalue weighted by molar-refractivity contribution is -0.145. The van der Waals surface area contributed by atoms with E-state index in [9.17, 15) is 9.90 Å². The highest BCUT2D eigenvalue weighted by atomic mass is 16.4. The summed E-state index contributed by atoms with van der Waals surface area (Å²) in [6.45, 7) is 8.47. The van der Waals surface area contributed by atoms with Crippen LogP contribution in [-0.4, -0.2) is 46.7 Å². The van der Waals surface area contributed by atoms with Crippen molar-refractivity contribution in [2.75, 3.05) is 13.1 Å². The Morgan fingerprint density at radius 2 is 2.10 bits per heavy atom. The summed E-state index contributed by atoms with van der Waals surface area (Å²) in [4.78, 5) is 14.2. The molecule has 116 valence electrons. The lowest BCUT2D eigenvalue weighted by atomic mass is 9.84. The van der Waals surface area contributed by atoms with E-state index >= 15 is 0 Å². The SMILES string of the molecule is CCN(CC1CCC1)C1CCC(NC(C)C)(C(=O)O)C1. The summed E-state index contributed by atoms with van der Waals surface area (Å²) in [5.74, 6) is 0.182. The molecule has 2 atom stereocenters. The minimum absolute atomic E-state index is 0.214. The molecule has 0 heterocycles. The molecule has 2 aliphatic rings. The summed E-state index contributed by atoms with van der Waals surface area (Å²) in [7, 11) is 0. The van der Waals surface area contributed by atoms with E-state index in [0.29, 0.717) is 6.04 Å². The largest absolute Gasteiger partial charge is 0.480 e. The van der Waals surface area contributed by atoms with E-state index in [1.807, 2.05) is 13.8 Å². The number of aliphatic carboxylic acids is 1. The standard InChI is InChI=1S/C16H30N2O2/c1-4-18(11-13-6-5-7-13)14-8-9-16(10-14,15(19)20)17-12(2)3/h12-14,17H,4-11H2,1-3H3,(H,19,20). The third kappa shape index (κ3) is 3.34. The zero-order chi connectivity index (χ0) is 14.8. The maximum absolute atomic E-state index is 11.7. The molecule has 2 rings (SSSR count). The van der Waals surface area contributed by atoms with Gasteiger partial charge in [0.1, 0.15) is 5.54 Å². The molecular formula is C16H30N2O2. The van der Waals surface area contributed by atoms with Gasteiger partial charge < -0.3 is 10.0 Å². The van der Waals surface area contributed by atoms with Gasteiger partial charge in [-0.15, -0.1) is 0 Å². The highest BCUT2D eigenvalue weighted by Crippen LogP contribution is 2.36. The molecule has 0 aliphatic heterocycles. The Hall–Kier alpha value is -0.610. The van der Waals surface area contributed by atoms with Gasteiger partial charge in [-0.25, -0.2) is 0 Å². The third-order valence-corrected chi connectivity index (χ3v) is 5.10. The fourth-order valence-corrected chi connectivity index (χ4v) is 3.81. The maximum Gasteiger partial charge on any atom is 0.323 e. The van der Waals surface area contributed by atoms with E-state index in [4.69, 9.17) is 0 Å². The zero-order valence-electron chi connectivity index (χ0n) is 13.2. The van der Waals surface area contributed by atoms with Gasteiger partial charge in [-0.3, -0.25) is 10.1 Å². The van der Waals surface area contributed by atoms with Gasteiger partial charge in [0, 0.05) is 18.6 Å². The number of carboxylic acids is 1. The second-order valence-corrected chi connectivity index (χ2v) is 6.97. The molecule has 0 amide bonds. The van der Waals surface area contributed by atoms with Gasteiger partial charge in [-0.2, -0.15) is 0 Å². The molecule has 4 nitrogen and oxygen atoms in total. The molecule has 0 spiro atoms. The van der Waals surface area contributed by atoms with Crippen LogP contribution in [0, 0.1) is 5.92 Å². The number of hydrogen-bond donors (Lipinski definition) is 2. The number of rotatable bonds is 7. The quantitative estimate of drug-likeness (QED) is 0.753. The number of nitrogens with zero attached hydrogens (tertiary/aromatic N) is 1. The number of nitrogens with one attached hydrogen (secondary N) is 1. The first-order valence-electron chi connectivity index (χ1n) is 8.22. The molecule has 4 heteroatoms. The van der Waals surface area contributed by atoms with Crippen molar-refractivity contribution in [3.8, 4) is 0 Å². The summed E-state index contributed by atoms with van der Waals surface area (Å²) < 4.78 is 0. The second kappa shape index (κ2) is 6.44. The Labute approximate surface area is 122 Å². The summed E-state index contributed by atoms with van der Waals surface area (Å²) in [5.41, 5.74) is -0.703. The van der Waals surface area contributed by atoms with Crippen molar-refractivity contribution in [1.82, 2.24) is 10.2 Å². The van der Waals surface area contributed by atoms with Crippen LogP contribution in [-0.2, 0) is 4.79 Å². The zero-order valence-corrected chi connectivity index (χ0v) is 13.2. The van der Waals surface area contributed by atoms with Gasteiger partial charge in [-0.05, 0) is 58.4 Å². The van der Waals surface area contributed by atoms with Gasteiger partial charge in [0.2, 0.25) is 0 Å². The third-order valence-electron chi connectivity index (χ3n) is 5.10. The fraction of sp³-hybridized carbons (Fsp3) is 0.938. The maximum atomic E-state index is 11.7. The van der Waals surface area contributed by atoms with Crippen LogP contribution in [0.3, 0.4) is 0 Å². The minimum Gasteiger partial charge on any atom is -0.480 e. The van der Waals surface area contributed by atoms with E-state index in [1.165, 1.54) is 25.8 Å². The molecule has 0 radical (unpaired) electrons. The lowest BCUT2D eigenvalue weighted by Crippen LogP contribution is -2.54. The Morgan fingerprint density at radius 1 is 1.40 bits per heavy atom. The van der Waals surface area contributed by atoms with Crippen molar-refractivity contribution in [1.29, 1.82) is 0 Å². The van der Waals surface area contributed by atoms with Gasteiger partial charge in [0.15, 0.2) is 0 Å². The predicted molar refractivity (Wildman–Crippen MR) is 80.9 cm³/mol. The molecule has 2 saturated carbocycles. The highest BCUT2D eigenvalue weighted by Gasteiger charge is 2.47. The molecular weight excluding hydrogens is 252 g/mol. The van der Waals surface area contributed by atoms with Crippen LogP contribution in [0.25, 0.3) is 0 Å². The van der Waals surface area contributed by atoms with E-state index in [2.05, 4.69) is 17.1 Å². The molecule has 2 fully saturated rings. The average molecular weight is 282 g/mol. The Kier molecular flexibility index (Phi) is 5.08. The number of hydrogen-bond acceptors (Lipinski definition) is 3. The van der Waals surface area contributed by atoms with E-state index in [0.717, 1.165) is 31.7 Å². The fourth-order valence-electron chi connectivity index (χ4n) is 3.81. The van der Waals surface area contributed by atoms with Crippen molar-refractivity contribution in [2.45, 2.75) is 76.9 Å². The second-order valence-electron chi connectivity index (χ2n) is 6.97. The molecule has 0 aromatic rings. The van der Waals surface area contributed by atoms with E-state index < -0.39 is 11.5 Å². The molecule has 0 bridgehead atoms. The predicted octanol–water partition coefficient (Wildman–Crippen LogP) is 2.48. The van der Waals surface area contributed by atoms with Crippen molar-refractivity contribution in [3.05, 3.63) is 0 Å². The summed E-state index contributed by atoms with van der Waals surface area (Å²) in [6, 6.07) is 0.648. The number of carbonyl (C=O) groups is 1. The Bertz CT molecular complexity index is 341. The van der Waals surface area contributed by atoms with Gasteiger partial charge in [0.25, 0.3) is 0 Å². The highest BCUT2D eigenvalue weighted by molar-refractivity contribution is 5.79. The summed E-state index contributed by atoms with van der Waals surface area (Å²) in [6.07, 6.45) is 6.61. The first-order chi connectivity index (χ1) is 9.47. The van der Waals surface area contributed by atoms with Crippen LogP contribution in [0.15, 0.2) is 0 Å². The molecule has 2 unspecified atom stereocenters. The van der Waals surface area contributed by atoms with Crippen LogP contribution in [0.1, 0.15) is 59.3 Å². The van der Waals surface area contributed by atoms with Crippen LogP contribution >= 0.6 is 0 Å². The van der Waals surface area contributed by atoms with Crippen molar-refractivity contribution in [3.63, 3.8) is 0 Å². The first-order valence-corrected chi connectivity index (χ1v) is 8.22. The molecule has 2 N–H and O–H groups in total. The van der Waals surface area contributed by atoms with Gasteiger partial charge >= 0.3 is 5.97 Å². The minimum atomic E-state index is -0.703. The topological polar surface area (TPSA) is 52.6 Å². The smallest absolute Gasteiger partial charge is 0.323 e. The van der Waals surface area contributed by atoms with Crippen molar-refractivity contribution in [2.24, 2.45) is 5.92 Å². The number of carboxylic acid groups (broad SMARTS) is 1. The van der Waals surface area contributed by atoms with Gasteiger partial charge in [0.05, 0.1) is 0 Å². The molecule has 2 aliphatic carbocycles. The normalized spacial score (nSPS) is 30.9. The van der Waals surface area contributed by atoms with Crippen molar-refractivity contribution < 1.29 is 9.90 Å². The van der Waals surface area contributed by atoms with E-state index in [1.54, 1.807) is 0 Å². The molecule has 20 heavy (non-hydrogen) atoms. The molecule has 0 saturated heterocycles. The molecule has 0 aromatic heterocycles. The Morgan fingerprint density at radius 3 is 2.55 bits per heavy atom. The first kappa shape index (κ1) is 15.8. The van der Waals surface area contributed by atoms with Crippen LogP contribution in [0.2, 0.25) is 0 Å². The van der Waals surface area contributed by atoms with Crippen molar-refractivity contribution >= 4 is 5.97 Å².